The van der Waals surface area contributed by atoms with E-state index >= 15 is 0 Å². The van der Waals surface area contributed by atoms with Crippen LogP contribution in [0.4, 0.5) is 11.4 Å². The van der Waals surface area contributed by atoms with E-state index in [9.17, 15) is 0 Å². The third-order valence-corrected chi connectivity index (χ3v) is 5.61. The van der Waals surface area contributed by atoms with Crippen molar-refractivity contribution in [2.75, 3.05) is 5.32 Å². The molecule has 0 saturated heterocycles. The molecule has 0 amide bonds. The Morgan fingerprint density at radius 3 is 2.72 bits per heavy atom. The highest BCUT2D eigenvalue weighted by Crippen LogP contribution is 2.31. The molecule has 1 fully saturated rings. The number of aromatic nitrogens is 3. The van der Waals surface area contributed by atoms with Crippen LogP contribution in [0.25, 0.3) is 28.1 Å². The lowest BCUT2D eigenvalue weighted by Crippen LogP contribution is -2.16. The van der Waals surface area contributed by atoms with Gasteiger partial charge in [-0.3, -0.25) is 9.98 Å². The molecule has 1 saturated carbocycles. The smallest absolute Gasteiger partial charge is 0.0900 e. The van der Waals surface area contributed by atoms with E-state index in [1.807, 2.05) is 32.3 Å². The molecule has 1 N–H and O–H groups in total. The molecule has 0 atom stereocenters. The van der Waals surface area contributed by atoms with E-state index < -0.39 is 0 Å². The predicted molar refractivity (Wildman–Crippen MR) is 132 cm³/mol. The number of fused-ring (bicyclic) bond motifs is 2. The van der Waals surface area contributed by atoms with Crippen LogP contribution in [0.15, 0.2) is 78.1 Å². The number of aryl methyl sites for hydroxylation is 1. The van der Waals surface area contributed by atoms with Crippen molar-refractivity contribution in [3.63, 3.8) is 0 Å². The zero-order valence-corrected chi connectivity index (χ0v) is 18.7. The van der Waals surface area contributed by atoms with E-state index in [4.69, 9.17) is 9.98 Å². The van der Waals surface area contributed by atoms with Crippen molar-refractivity contribution in [2.24, 2.45) is 4.99 Å². The van der Waals surface area contributed by atoms with Gasteiger partial charge in [0.2, 0.25) is 0 Å². The minimum atomic E-state index is 0.405. The van der Waals surface area contributed by atoms with Gasteiger partial charge in [0.05, 0.1) is 51.4 Å². The summed E-state index contributed by atoms with van der Waals surface area (Å²) in [5.41, 5.74) is 8.13. The fourth-order valence-corrected chi connectivity index (χ4v) is 3.98. The van der Waals surface area contributed by atoms with Gasteiger partial charge in [-0.2, -0.15) is 0 Å². The van der Waals surface area contributed by atoms with Crippen LogP contribution >= 0.6 is 0 Å². The average molecular weight is 422 g/mol. The van der Waals surface area contributed by atoms with Crippen LogP contribution in [0.5, 0.6) is 0 Å². The number of hydrogen-bond donors (Lipinski definition) is 1. The maximum Gasteiger partial charge on any atom is 0.0900 e. The number of benzene rings is 2. The topological polar surface area (TPSA) is 55.1 Å². The van der Waals surface area contributed by atoms with Crippen LogP contribution in [0.1, 0.15) is 32.3 Å². The highest BCUT2D eigenvalue weighted by Gasteiger charge is 2.21. The quantitative estimate of drug-likeness (QED) is 0.313. The van der Waals surface area contributed by atoms with Gasteiger partial charge >= 0.3 is 0 Å². The van der Waals surface area contributed by atoms with E-state index in [1.165, 1.54) is 0 Å². The van der Waals surface area contributed by atoms with Crippen molar-refractivity contribution >= 4 is 28.1 Å². The van der Waals surface area contributed by atoms with Crippen LogP contribution in [0, 0.1) is 6.92 Å². The first kappa shape index (κ1) is 20.2. The Kier molecular flexibility index (Phi) is 5.31. The summed E-state index contributed by atoms with van der Waals surface area (Å²) in [4.78, 5) is 14.4. The lowest BCUT2D eigenvalue weighted by Gasteiger charge is -2.21. The highest BCUT2D eigenvalue weighted by atomic mass is 15.0. The first-order valence-electron chi connectivity index (χ1n) is 11.1. The number of nitrogens with one attached hydrogen (secondary N) is 1. The maximum absolute atomic E-state index is 5.03. The van der Waals surface area contributed by atoms with E-state index in [0.29, 0.717) is 6.04 Å². The Morgan fingerprint density at radius 2 is 1.97 bits per heavy atom. The average Bonchev–Trinajstić information content (AvgIpc) is 3.61. The molecule has 2 heterocycles. The minimum absolute atomic E-state index is 0.405. The molecule has 32 heavy (non-hydrogen) atoms. The molecule has 2 aromatic rings. The third-order valence-electron chi connectivity index (χ3n) is 5.61. The Labute approximate surface area is 188 Å². The van der Waals surface area contributed by atoms with E-state index in [2.05, 4.69) is 76.4 Å². The standard InChI is InChI=1S/C27H27N5/c1-4-8-21(5-2)32-26-10-7-6-9-22(26)31-25-14-23(30-20-13-18(3)16-28-17-20)24(15-27(25)32)29-19-11-12-19/h4-10,13-17,19,30H,11-12H2,1-3H3/b8-4-,21-5+,29-24?. The van der Waals surface area contributed by atoms with Gasteiger partial charge in [-0.1, -0.05) is 24.3 Å². The molecule has 1 aromatic carbocycles. The van der Waals surface area contributed by atoms with Crippen molar-refractivity contribution in [2.45, 2.75) is 39.7 Å². The molecular formula is C27H27N5. The van der Waals surface area contributed by atoms with E-state index in [0.717, 1.165) is 63.3 Å². The molecule has 5 rings (SSSR count). The minimum Gasteiger partial charge on any atom is -0.352 e. The fourth-order valence-electron chi connectivity index (χ4n) is 3.98. The zero-order valence-electron chi connectivity index (χ0n) is 18.7. The van der Waals surface area contributed by atoms with Gasteiger partial charge < -0.3 is 9.88 Å². The molecule has 0 radical (unpaired) electrons. The monoisotopic (exact) mass is 421 g/mol. The maximum atomic E-state index is 5.03. The van der Waals surface area contributed by atoms with Crippen LogP contribution in [0.3, 0.4) is 0 Å². The number of hydrogen-bond acceptors (Lipinski definition) is 4. The largest absolute Gasteiger partial charge is 0.352 e. The third kappa shape index (κ3) is 3.94. The number of para-hydroxylation sites is 2. The van der Waals surface area contributed by atoms with Crippen LogP contribution < -0.4 is 10.7 Å². The Morgan fingerprint density at radius 1 is 1.12 bits per heavy atom. The van der Waals surface area contributed by atoms with Crippen molar-refractivity contribution in [1.82, 2.24) is 14.5 Å². The molecule has 1 aliphatic heterocycles. The second-order valence-corrected chi connectivity index (χ2v) is 8.24. The second kappa shape index (κ2) is 8.42. The lowest BCUT2D eigenvalue weighted by atomic mass is 10.1. The summed E-state index contributed by atoms with van der Waals surface area (Å²) in [5.74, 6) is 0. The molecular weight excluding hydrogens is 394 g/mol. The van der Waals surface area contributed by atoms with Gasteiger partial charge in [-0.25, -0.2) is 4.98 Å². The van der Waals surface area contributed by atoms with E-state index in [1.54, 1.807) is 0 Å². The van der Waals surface area contributed by atoms with Crippen LogP contribution in [-0.4, -0.2) is 20.6 Å². The van der Waals surface area contributed by atoms with Gasteiger partial charge in [0.15, 0.2) is 0 Å². The van der Waals surface area contributed by atoms with Crippen LogP contribution in [-0.2, 0) is 0 Å². The molecule has 0 bridgehead atoms. The Hall–Kier alpha value is -3.73. The molecule has 0 unspecified atom stereocenters. The van der Waals surface area contributed by atoms with Gasteiger partial charge in [0.25, 0.3) is 0 Å². The van der Waals surface area contributed by atoms with Gasteiger partial charge in [-0.15, -0.1) is 0 Å². The summed E-state index contributed by atoms with van der Waals surface area (Å²) < 4.78 is 2.28. The first-order valence-corrected chi connectivity index (χ1v) is 11.1. The number of anilines is 2. The number of pyridine rings is 1. The van der Waals surface area contributed by atoms with Crippen LogP contribution in [0.2, 0.25) is 0 Å². The number of allylic oxidation sites excluding steroid dienone is 4. The zero-order chi connectivity index (χ0) is 22.1. The molecule has 3 aliphatic rings. The van der Waals surface area contributed by atoms with Gasteiger partial charge in [-0.05, 0) is 75.6 Å². The number of rotatable bonds is 5. The summed E-state index contributed by atoms with van der Waals surface area (Å²) >= 11 is 0. The van der Waals surface area contributed by atoms with E-state index in [-0.39, 0.29) is 0 Å². The Balaban J connectivity index is 1.80. The Bertz CT molecular complexity index is 1390. The van der Waals surface area contributed by atoms with Crippen molar-refractivity contribution in [3.05, 3.63) is 84.0 Å². The second-order valence-electron chi connectivity index (χ2n) is 8.24. The van der Waals surface area contributed by atoms with Crippen molar-refractivity contribution in [3.8, 4) is 11.4 Å². The van der Waals surface area contributed by atoms with Crippen molar-refractivity contribution < 1.29 is 0 Å². The van der Waals surface area contributed by atoms with Crippen molar-refractivity contribution in [1.29, 1.82) is 0 Å². The van der Waals surface area contributed by atoms with Gasteiger partial charge in [0, 0.05) is 11.9 Å². The fraction of sp³-hybridized carbons (Fsp3) is 0.222. The molecule has 160 valence electrons. The SMILES string of the molecule is C/C=C\C(=C/C)n1c2cc(=NC3CC3)c(Nc3cncc(C)c3)cc-2nc2ccccc21. The predicted octanol–water partition coefficient (Wildman–Crippen LogP) is 6.09. The summed E-state index contributed by atoms with van der Waals surface area (Å²) in [6.45, 7) is 6.16. The lowest BCUT2D eigenvalue weighted by molar-refractivity contribution is 0.999. The summed E-state index contributed by atoms with van der Waals surface area (Å²) in [6.07, 6.45) is 12.3. The first-order chi connectivity index (χ1) is 15.7. The molecule has 5 heteroatoms. The molecule has 1 aromatic heterocycles. The summed E-state index contributed by atoms with van der Waals surface area (Å²) in [7, 11) is 0. The van der Waals surface area contributed by atoms with Gasteiger partial charge in [0.1, 0.15) is 0 Å². The summed E-state index contributed by atoms with van der Waals surface area (Å²) in [6, 6.07) is 15.1. The highest BCUT2D eigenvalue weighted by molar-refractivity contribution is 5.87. The number of nitrogens with zero attached hydrogens (tertiary/aromatic N) is 4. The molecule has 5 nitrogen and oxygen atoms in total. The molecule has 0 spiro atoms. The molecule has 2 aliphatic carbocycles. The summed E-state index contributed by atoms with van der Waals surface area (Å²) in [5, 5.41) is 4.50. The normalized spacial score (nSPS) is 15.2.